The van der Waals surface area contributed by atoms with Gasteiger partial charge in [-0.05, 0) is 36.8 Å². The molecule has 18 heavy (non-hydrogen) atoms. The Kier molecular flexibility index (Phi) is 3.49. The van der Waals surface area contributed by atoms with Crippen molar-refractivity contribution < 1.29 is 0 Å². The molecule has 0 saturated carbocycles. The van der Waals surface area contributed by atoms with Crippen LogP contribution in [0.3, 0.4) is 0 Å². The molecule has 1 heterocycles. The summed E-state index contributed by atoms with van der Waals surface area (Å²) in [5.74, 6) is 0. The fourth-order valence-electron chi connectivity index (χ4n) is 1.90. The van der Waals surface area contributed by atoms with Gasteiger partial charge in [0.1, 0.15) is 6.07 Å². The molecule has 1 aliphatic rings. The van der Waals surface area contributed by atoms with E-state index in [1.807, 2.05) is 48.7 Å². The summed E-state index contributed by atoms with van der Waals surface area (Å²) in [6.45, 7) is 2.89. The minimum absolute atomic E-state index is 0.664. The molecule has 0 amide bonds. The van der Waals surface area contributed by atoms with E-state index in [4.69, 9.17) is 5.73 Å². The lowest BCUT2D eigenvalue weighted by Gasteiger charge is -2.23. The van der Waals surface area contributed by atoms with Gasteiger partial charge in [-0.3, -0.25) is 0 Å². The molecule has 0 fully saturated rings. The molecule has 0 aliphatic carbocycles. The molecule has 0 unspecified atom stereocenters. The van der Waals surface area contributed by atoms with E-state index >= 15 is 0 Å². The zero-order chi connectivity index (χ0) is 13.0. The van der Waals surface area contributed by atoms with Gasteiger partial charge in [0.15, 0.2) is 0 Å². The van der Waals surface area contributed by atoms with Crippen molar-refractivity contribution in [3.63, 3.8) is 0 Å². The quantitative estimate of drug-likeness (QED) is 0.635. The molecule has 2 N–H and O–H groups in total. The number of nitrogen functional groups attached to an aromatic ring is 1. The zero-order valence-corrected chi connectivity index (χ0v) is 10.3. The first-order valence-electron chi connectivity index (χ1n) is 5.88. The number of benzene rings is 1. The zero-order valence-electron chi connectivity index (χ0n) is 10.3. The van der Waals surface area contributed by atoms with Gasteiger partial charge >= 0.3 is 0 Å². The highest BCUT2D eigenvalue weighted by Crippen LogP contribution is 2.24. The van der Waals surface area contributed by atoms with Crippen LogP contribution in [0.25, 0.3) is 5.57 Å². The monoisotopic (exact) mass is 237 g/mol. The summed E-state index contributed by atoms with van der Waals surface area (Å²) >= 11 is 0. The molecule has 0 saturated heterocycles. The highest BCUT2D eigenvalue weighted by molar-refractivity contribution is 5.81. The third-order valence-electron chi connectivity index (χ3n) is 2.85. The van der Waals surface area contributed by atoms with Crippen molar-refractivity contribution in [3.05, 3.63) is 60.0 Å². The van der Waals surface area contributed by atoms with Crippen molar-refractivity contribution in [2.75, 3.05) is 12.3 Å². The Morgan fingerprint density at radius 3 is 2.61 bits per heavy atom. The van der Waals surface area contributed by atoms with Crippen molar-refractivity contribution in [2.24, 2.45) is 0 Å². The predicted molar refractivity (Wildman–Crippen MR) is 74.0 cm³/mol. The summed E-state index contributed by atoms with van der Waals surface area (Å²) in [6, 6.07) is 9.66. The standard InChI is InChI=1S/C15H15N3/c1-2-18-10-4-3-5-15(18)14(11-16)12-6-8-13(17)9-7-12/h3-10H,2,17H2,1H3/b15-14-. The number of nitrogens with zero attached hydrogens (tertiary/aromatic N) is 2. The number of rotatable bonds is 2. The van der Waals surface area contributed by atoms with Crippen LogP contribution in [0, 0.1) is 11.3 Å². The minimum atomic E-state index is 0.664. The van der Waals surface area contributed by atoms with Crippen molar-refractivity contribution in [2.45, 2.75) is 6.92 Å². The van der Waals surface area contributed by atoms with Crippen molar-refractivity contribution in [1.29, 1.82) is 5.26 Å². The number of hydrogen-bond acceptors (Lipinski definition) is 3. The fraction of sp³-hybridized carbons (Fsp3) is 0.133. The summed E-state index contributed by atoms with van der Waals surface area (Å²) < 4.78 is 0. The Morgan fingerprint density at radius 2 is 2.00 bits per heavy atom. The normalized spacial score (nSPS) is 16.6. The molecule has 1 aromatic rings. The molecule has 1 aromatic carbocycles. The Hall–Kier alpha value is -2.47. The number of hydrogen-bond donors (Lipinski definition) is 1. The Bertz CT molecular complexity index is 556. The van der Waals surface area contributed by atoms with Crippen LogP contribution >= 0.6 is 0 Å². The Labute approximate surface area is 107 Å². The van der Waals surface area contributed by atoms with Crippen LogP contribution in [0.2, 0.25) is 0 Å². The maximum Gasteiger partial charge on any atom is 0.102 e. The molecule has 0 atom stereocenters. The third kappa shape index (κ3) is 2.28. The van der Waals surface area contributed by atoms with Crippen LogP contribution in [0.4, 0.5) is 5.69 Å². The maximum absolute atomic E-state index is 9.39. The fourth-order valence-corrected chi connectivity index (χ4v) is 1.90. The molecule has 0 radical (unpaired) electrons. The molecular formula is C15H15N3. The highest BCUT2D eigenvalue weighted by atomic mass is 15.1. The molecule has 3 nitrogen and oxygen atoms in total. The SMILES string of the molecule is CCN1C=CC=C/C1=C(\C#N)c1ccc(N)cc1. The van der Waals surface area contributed by atoms with Crippen LogP contribution in [0.15, 0.2) is 54.4 Å². The average Bonchev–Trinajstić information content (AvgIpc) is 2.42. The van der Waals surface area contributed by atoms with Gasteiger partial charge in [0.25, 0.3) is 0 Å². The summed E-state index contributed by atoms with van der Waals surface area (Å²) in [4.78, 5) is 2.05. The molecule has 90 valence electrons. The first-order chi connectivity index (χ1) is 8.76. The Morgan fingerprint density at radius 1 is 1.28 bits per heavy atom. The summed E-state index contributed by atoms with van der Waals surface area (Å²) in [5.41, 5.74) is 8.84. The molecule has 3 heteroatoms. The number of allylic oxidation sites excluding steroid dienone is 4. The second-order valence-electron chi connectivity index (χ2n) is 3.98. The van der Waals surface area contributed by atoms with Gasteiger partial charge < -0.3 is 10.6 Å². The number of likely N-dealkylation sites (N-methyl/N-ethyl adjacent to an activating group) is 1. The van der Waals surface area contributed by atoms with Gasteiger partial charge in [0.2, 0.25) is 0 Å². The van der Waals surface area contributed by atoms with Gasteiger partial charge in [-0.25, -0.2) is 0 Å². The predicted octanol–water partition coefficient (Wildman–Crippen LogP) is 2.91. The highest BCUT2D eigenvalue weighted by Gasteiger charge is 2.12. The van der Waals surface area contributed by atoms with Crippen LogP contribution in [0.5, 0.6) is 0 Å². The van der Waals surface area contributed by atoms with Gasteiger partial charge in [0.05, 0.1) is 11.3 Å². The van der Waals surface area contributed by atoms with Gasteiger partial charge in [-0.15, -0.1) is 0 Å². The second kappa shape index (κ2) is 5.24. The van der Waals surface area contributed by atoms with Gasteiger partial charge in [0, 0.05) is 18.4 Å². The van der Waals surface area contributed by atoms with Crippen molar-refractivity contribution in [3.8, 4) is 6.07 Å². The third-order valence-corrected chi connectivity index (χ3v) is 2.85. The number of nitrogens with two attached hydrogens (primary N) is 1. The molecule has 1 aliphatic heterocycles. The molecule has 0 aromatic heterocycles. The van der Waals surface area contributed by atoms with Crippen molar-refractivity contribution in [1.82, 2.24) is 4.90 Å². The largest absolute Gasteiger partial charge is 0.399 e. The first kappa shape index (κ1) is 12.0. The van der Waals surface area contributed by atoms with E-state index in [9.17, 15) is 5.26 Å². The first-order valence-corrected chi connectivity index (χ1v) is 5.88. The van der Waals surface area contributed by atoms with Crippen LogP contribution < -0.4 is 5.73 Å². The number of anilines is 1. The van der Waals surface area contributed by atoms with Crippen LogP contribution in [0.1, 0.15) is 12.5 Å². The van der Waals surface area contributed by atoms with E-state index < -0.39 is 0 Å². The van der Waals surface area contributed by atoms with Gasteiger partial charge in [-0.1, -0.05) is 18.2 Å². The molecule has 0 spiro atoms. The van der Waals surface area contributed by atoms with Crippen LogP contribution in [-0.4, -0.2) is 11.4 Å². The van der Waals surface area contributed by atoms with E-state index in [-0.39, 0.29) is 0 Å². The summed E-state index contributed by atoms with van der Waals surface area (Å²) in [6.07, 6.45) is 7.84. The molecular weight excluding hydrogens is 222 g/mol. The van der Waals surface area contributed by atoms with E-state index in [1.54, 1.807) is 0 Å². The smallest absolute Gasteiger partial charge is 0.102 e. The number of nitriles is 1. The molecule has 2 rings (SSSR count). The lowest BCUT2D eigenvalue weighted by molar-refractivity contribution is 0.506. The van der Waals surface area contributed by atoms with E-state index in [1.165, 1.54) is 0 Å². The lowest BCUT2D eigenvalue weighted by Crippen LogP contribution is -2.17. The van der Waals surface area contributed by atoms with Crippen LogP contribution in [-0.2, 0) is 0 Å². The molecule has 0 bridgehead atoms. The van der Waals surface area contributed by atoms with E-state index in [2.05, 4.69) is 17.9 Å². The van der Waals surface area contributed by atoms with E-state index in [0.717, 1.165) is 17.8 Å². The van der Waals surface area contributed by atoms with Gasteiger partial charge in [-0.2, -0.15) is 5.26 Å². The summed E-state index contributed by atoms with van der Waals surface area (Å²) in [7, 11) is 0. The minimum Gasteiger partial charge on any atom is -0.399 e. The summed E-state index contributed by atoms with van der Waals surface area (Å²) in [5, 5.41) is 9.39. The second-order valence-corrected chi connectivity index (χ2v) is 3.98. The Balaban J connectivity index is 2.50. The maximum atomic E-state index is 9.39. The topological polar surface area (TPSA) is 53.0 Å². The lowest BCUT2D eigenvalue weighted by atomic mass is 10.0. The van der Waals surface area contributed by atoms with Crippen molar-refractivity contribution >= 4 is 11.3 Å². The van der Waals surface area contributed by atoms with E-state index in [0.29, 0.717) is 11.3 Å². The average molecular weight is 237 g/mol.